The summed E-state index contributed by atoms with van der Waals surface area (Å²) < 4.78 is 12.4. The molecule has 0 amide bonds. The van der Waals surface area contributed by atoms with Gasteiger partial charge in [-0.05, 0) is 47.1 Å². The molecule has 2 rings (SSSR count). The second kappa shape index (κ2) is 6.08. The van der Waals surface area contributed by atoms with Gasteiger partial charge in [0, 0.05) is 7.11 Å². The van der Waals surface area contributed by atoms with Crippen LogP contribution in [0.15, 0.2) is 33.5 Å². The van der Waals surface area contributed by atoms with E-state index in [2.05, 4.69) is 21.0 Å². The molecule has 0 aliphatic rings. The first-order chi connectivity index (χ1) is 9.17. The summed E-state index contributed by atoms with van der Waals surface area (Å²) in [4.78, 5) is 12.1. The van der Waals surface area contributed by atoms with Crippen molar-refractivity contribution in [3.8, 4) is 11.4 Å². The Balaban J connectivity index is 2.36. The lowest BCUT2D eigenvalue weighted by Crippen LogP contribution is -2.14. The van der Waals surface area contributed by atoms with Crippen molar-refractivity contribution < 1.29 is 9.47 Å². The Morgan fingerprint density at radius 1 is 1.32 bits per heavy atom. The number of methoxy groups -OCH3 is 1. The smallest absolute Gasteiger partial charge is 0.285 e. The van der Waals surface area contributed by atoms with Crippen LogP contribution in [0.5, 0.6) is 5.75 Å². The number of nitrogens with zero attached hydrogens (tertiary/aromatic N) is 1. The van der Waals surface area contributed by atoms with Gasteiger partial charge in [0.2, 0.25) is 0 Å². The molecule has 0 atom stereocenters. The van der Waals surface area contributed by atoms with Crippen LogP contribution in [0, 0.1) is 0 Å². The van der Waals surface area contributed by atoms with Crippen LogP contribution >= 0.6 is 15.9 Å². The summed E-state index contributed by atoms with van der Waals surface area (Å²) >= 11 is 3.27. The number of rotatable bonds is 5. The molecule has 5 nitrogen and oxygen atoms in total. The quantitative estimate of drug-likeness (QED) is 0.918. The van der Waals surface area contributed by atoms with Crippen LogP contribution < -0.4 is 10.3 Å². The molecule has 6 heteroatoms. The van der Waals surface area contributed by atoms with Gasteiger partial charge in [-0.15, -0.1) is 0 Å². The average molecular weight is 327 g/mol. The van der Waals surface area contributed by atoms with Crippen LogP contribution in [0.1, 0.15) is 12.6 Å². The molecule has 102 valence electrons. The van der Waals surface area contributed by atoms with Crippen LogP contribution in [-0.2, 0) is 11.3 Å². The first-order valence-corrected chi connectivity index (χ1v) is 6.68. The number of ether oxygens (including phenoxy) is 2. The number of hydrogen-bond donors (Lipinski definition) is 1. The Morgan fingerprint density at radius 2 is 2.00 bits per heavy atom. The van der Waals surface area contributed by atoms with E-state index in [0.29, 0.717) is 23.4 Å². The summed E-state index contributed by atoms with van der Waals surface area (Å²) in [5.41, 5.74) is 1.31. The van der Waals surface area contributed by atoms with Gasteiger partial charge in [-0.3, -0.25) is 9.89 Å². The molecule has 0 aliphatic carbocycles. The van der Waals surface area contributed by atoms with E-state index in [1.54, 1.807) is 7.11 Å². The van der Waals surface area contributed by atoms with E-state index in [1.807, 2.05) is 31.2 Å². The van der Waals surface area contributed by atoms with Gasteiger partial charge in [0.15, 0.2) is 0 Å². The van der Waals surface area contributed by atoms with Crippen molar-refractivity contribution in [3.63, 3.8) is 0 Å². The van der Waals surface area contributed by atoms with Crippen LogP contribution in [-0.4, -0.2) is 23.5 Å². The van der Waals surface area contributed by atoms with Gasteiger partial charge in [-0.1, -0.05) is 0 Å². The Labute approximate surface area is 119 Å². The molecule has 0 spiro atoms. The molecule has 2 aromatic rings. The van der Waals surface area contributed by atoms with Gasteiger partial charge >= 0.3 is 0 Å². The first kappa shape index (κ1) is 13.9. The summed E-state index contributed by atoms with van der Waals surface area (Å²) in [6.07, 6.45) is 0. The van der Waals surface area contributed by atoms with Crippen LogP contribution in [0.25, 0.3) is 5.69 Å². The van der Waals surface area contributed by atoms with E-state index in [1.165, 1.54) is 4.68 Å². The SMILES string of the molecule is CCOc1ccc(-n2[nH]c(COC)c(Br)c2=O)cc1. The molecule has 0 saturated carbocycles. The fourth-order valence-corrected chi connectivity index (χ4v) is 2.12. The average Bonchev–Trinajstić information content (AvgIpc) is 2.69. The molecule has 0 fully saturated rings. The van der Waals surface area contributed by atoms with E-state index >= 15 is 0 Å². The van der Waals surface area contributed by atoms with Gasteiger partial charge in [-0.2, -0.15) is 0 Å². The van der Waals surface area contributed by atoms with Gasteiger partial charge < -0.3 is 9.47 Å². The van der Waals surface area contributed by atoms with Gasteiger partial charge in [-0.25, -0.2) is 4.68 Å². The number of H-pyrrole nitrogens is 1. The lowest BCUT2D eigenvalue weighted by atomic mass is 10.3. The summed E-state index contributed by atoms with van der Waals surface area (Å²) in [7, 11) is 1.58. The minimum absolute atomic E-state index is 0.142. The van der Waals surface area contributed by atoms with Crippen LogP contribution in [0.4, 0.5) is 0 Å². The van der Waals surface area contributed by atoms with Crippen molar-refractivity contribution in [1.29, 1.82) is 0 Å². The maximum Gasteiger partial charge on any atom is 0.285 e. The summed E-state index contributed by atoms with van der Waals surface area (Å²) in [6.45, 7) is 2.89. The number of nitrogens with one attached hydrogen (secondary N) is 1. The zero-order valence-corrected chi connectivity index (χ0v) is 12.4. The maximum atomic E-state index is 12.1. The van der Waals surface area contributed by atoms with Gasteiger partial charge in [0.05, 0.1) is 24.6 Å². The zero-order chi connectivity index (χ0) is 13.8. The van der Waals surface area contributed by atoms with E-state index in [4.69, 9.17) is 9.47 Å². The molecular weight excluding hydrogens is 312 g/mol. The fourth-order valence-electron chi connectivity index (χ4n) is 1.74. The molecule has 19 heavy (non-hydrogen) atoms. The number of benzene rings is 1. The predicted molar refractivity (Wildman–Crippen MR) is 76.0 cm³/mol. The van der Waals surface area contributed by atoms with Crippen molar-refractivity contribution in [1.82, 2.24) is 9.78 Å². The van der Waals surface area contributed by atoms with Crippen molar-refractivity contribution >= 4 is 15.9 Å². The Hall–Kier alpha value is -1.53. The Morgan fingerprint density at radius 3 is 2.58 bits per heavy atom. The highest BCUT2D eigenvalue weighted by atomic mass is 79.9. The van der Waals surface area contributed by atoms with Crippen molar-refractivity contribution in [2.75, 3.05) is 13.7 Å². The van der Waals surface area contributed by atoms with Crippen molar-refractivity contribution in [3.05, 3.63) is 44.8 Å². The summed E-state index contributed by atoms with van der Waals surface area (Å²) in [5, 5.41) is 3.01. The predicted octanol–water partition coefficient (Wildman–Crippen LogP) is 2.47. The molecular formula is C13H15BrN2O3. The lowest BCUT2D eigenvalue weighted by molar-refractivity contribution is 0.180. The molecule has 0 bridgehead atoms. The Kier molecular flexibility index (Phi) is 4.44. The van der Waals surface area contributed by atoms with Gasteiger partial charge in [0.25, 0.3) is 5.56 Å². The molecule has 1 aromatic carbocycles. The third kappa shape index (κ3) is 2.90. The largest absolute Gasteiger partial charge is 0.494 e. The Bertz CT molecular complexity index is 601. The molecule has 1 N–H and O–H groups in total. The molecule has 0 saturated heterocycles. The highest BCUT2D eigenvalue weighted by molar-refractivity contribution is 9.10. The van der Waals surface area contributed by atoms with Crippen molar-refractivity contribution in [2.45, 2.75) is 13.5 Å². The van der Waals surface area contributed by atoms with E-state index < -0.39 is 0 Å². The zero-order valence-electron chi connectivity index (χ0n) is 10.8. The molecule has 0 radical (unpaired) electrons. The van der Waals surface area contributed by atoms with Gasteiger partial charge in [0.1, 0.15) is 10.2 Å². The highest BCUT2D eigenvalue weighted by Crippen LogP contribution is 2.16. The van der Waals surface area contributed by atoms with Crippen LogP contribution in [0.3, 0.4) is 0 Å². The third-order valence-corrected chi connectivity index (χ3v) is 3.41. The lowest BCUT2D eigenvalue weighted by Gasteiger charge is -2.05. The van der Waals surface area contributed by atoms with Crippen molar-refractivity contribution in [2.24, 2.45) is 0 Å². The molecule has 1 heterocycles. The standard InChI is InChI=1S/C13H15BrN2O3/c1-3-19-10-6-4-9(5-7-10)16-13(17)12(14)11(15-16)8-18-2/h4-7,15H,3,8H2,1-2H3. The number of aromatic amines is 1. The maximum absolute atomic E-state index is 12.1. The number of hydrogen-bond acceptors (Lipinski definition) is 3. The summed E-state index contributed by atoms with van der Waals surface area (Å²) in [6, 6.07) is 7.31. The number of aromatic nitrogens is 2. The summed E-state index contributed by atoms with van der Waals surface area (Å²) in [5.74, 6) is 0.780. The first-order valence-electron chi connectivity index (χ1n) is 5.89. The second-order valence-electron chi connectivity index (χ2n) is 3.90. The monoisotopic (exact) mass is 326 g/mol. The molecule has 0 aliphatic heterocycles. The number of halogens is 1. The third-order valence-electron chi connectivity index (χ3n) is 2.60. The topological polar surface area (TPSA) is 56.2 Å². The van der Waals surface area contributed by atoms with E-state index in [9.17, 15) is 4.79 Å². The fraction of sp³-hybridized carbons (Fsp3) is 0.308. The second-order valence-corrected chi connectivity index (χ2v) is 4.70. The molecule has 1 aromatic heterocycles. The normalized spacial score (nSPS) is 10.7. The van der Waals surface area contributed by atoms with E-state index in [0.717, 1.165) is 11.4 Å². The highest BCUT2D eigenvalue weighted by Gasteiger charge is 2.12. The van der Waals surface area contributed by atoms with E-state index in [-0.39, 0.29) is 5.56 Å². The molecule has 0 unspecified atom stereocenters. The minimum Gasteiger partial charge on any atom is -0.494 e. The van der Waals surface area contributed by atoms with Crippen LogP contribution in [0.2, 0.25) is 0 Å². The minimum atomic E-state index is -0.142.